The minimum atomic E-state index is -0.242. The highest BCUT2D eigenvalue weighted by atomic mass is 16.3. The van der Waals surface area contributed by atoms with E-state index in [4.69, 9.17) is 5.11 Å². The maximum absolute atomic E-state index is 12.2. The van der Waals surface area contributed by atoms with Crippen molar-refractivity contribution in [3.8, 4) is 0 Å². The summed E-state index contributed by atoms with van der Waals surface area (Å²) in [6.45, 7) is 6.84. The van der Waals surface area contributed by atoms with Gasteiger partial charge >= 0.3 is 0 Å². The number of aromatic nitrogens is 2. The Bertz CT molecular complexity index is 656. The summed E-state index contributed by atoms with van der Waals surface area (Å²) in [5, 5.41) is 18.8. The molecule has 0 radical (unpaired) electrons. The second-order valence-electron chi connectivity index (χ2n) is 6.56. The Balaban J connectivity index is 2.04. The van der Waals surface area contributed by atoms with Crippen molar-refractivity contribution in [1.29, 1.82) is 0 Å². The lowest BCUT2D eigenvalue weighted by Crippen LogP contribution is -2.21. The normalized spacial score (nSPS) is 11.3. The summed E-state index contributed by atoms with van der Waals surface area (Å²) in [6.07, 6.45) is 0. The zero-order chi connectivity index (χ0) is 17.0. The summed E-state index contributed by atoms with van der Waals surface area (Å²) in [5.41, 5.74) is 2.90. The minimum absolute atomic E-state index is 0.0789. The van der Waals surface area contributed by atoms with Crippen LogP contribution in [-0.2, 0) is 5.41 Å². The minimum Gasteiger partial charge on any atom is -0.395 e. The van der Waals surface area contributed by atoms with Gasteiger partial charge in [-0.3, -0.25) is 9.89 Å². The second kappa shape index (κ2) is 6.83. The lowest BCUT2D eigenvalue weighted by Gasteiger charge is -2.18. The molecule has 1 aromatic heterocycles. The van der Waals surface area contributed by atoms with E-state index < -0.39 is 0 Å². The van der Waals surface area contributed by atoms with Crippen molar-refractivity contribution in [2.45, 2.75) is 26.2 Å². The maximum Gasteiger partial charge on any atom is 0.276 e. The summed E-state index contributed by atoms with van der Waals surface area (Å²) in [7, 11) is 1.90. The quantitative estimate of drug-likeness (QED) is 0.791. The van der Waals surface area contributed by atoms with Crippen LogP contribution in [0.15, 0.2) is 30.3 Å². The fraction of sp³-hybridized carbons (Fsp3) is 0.412. The Morgan fingerprint density at radius 3 is 2.48 bits per heavy atom. The predicted molar refractivity (Wildman–Crippen MR) is 92.0 cm³/mol. The van der Waals surface area contributed by atoms with Crippen molar-refractivity contribution in [2.75, 3.05) is 30.4 Å². The first-order chi connectivity index (χ1) is 10.8. The Morgan fingerprint density at radius 1 is 1.30 bits per heavy atom. The molecule has 6 heteroatoms. The van der Waals surface area contributed by atoms with E-state index in [-0.39, 0.29) is 17.9 Å². The molecule has 1 amide bonds. The summed E-state index contributed by atoms with van der Waals surface area (Å²) in [5.74, 6) is -0.242. The van der Waals surface area contributed by atoms with Gasteiger partial charge in [-0.05, 0) is 30.3 Å². The van der Waals surface area contributed by atoms with Crippen molar-refractivity contribution in [3.05, 3.63) is 41.7 Å². The predicted octanol–water partition coefficient (Wildman–Crippen LogP) is 2.39. The number of H-pyrrole nitrogens is 1. The number of carbonyl (C=O) groups is 1. The van der Waals surface area contributed by atoms with Crippen molar-refractivity contribution in [2.24, 2.45) is 0 Å². The molecular weight excluding hydrogens is 292 g/mol. The molecule has 124 valence electrons. The molecule has 0 aliphatic rings. The molecule has 0 aliphatic carbocycles. The van der Waals surface area contributed by atoms with Gasteiger partial charge < -0.3 is 15.3 Å². The third-order valence-electron chi connectivity index (χ3n) is 3.62. The molecule has 2 rings (SSSR count). The number of rotatable bonds is 5. The number of amides is 1. The van der Waals surface area contributed by atoms with E-state index in [9.17, 15) is 4.79 Å². The number of aliphatic hydroxyl groups excluding tert-OH is 1. The van der Waals surface area contributed by atoms with Crippen LogP contribution in [0.3, 0.4) is 0 Å². The van der Waals surface area contributed by atoms with Crippen molar-refractivity contribution >= 4 is 17.3 Å². The molecule has 23 heavy (non-hydrogen) atoms. The summed E-state index contributed by atoms with van der Waals surface area (Å²) >= 11 is 0. The monoisotopic (exact) mass is 316 g/mol. The molecule has 2 aromatic rings. The second-order valence-corrected chi connectivity index (χ2v) is 6.56. The van der Waals surface area contributed by atoms with Gasteiger partial charge in [0.25, 0.3) is 5.91 Å². The van der Waals surface area contributed by atoms with Gasteiger partial charge in [0.2, 0.25) is 0 Å². The Hall–Kier alpha value is -2.34. The topological polar surface area (TPSA) is 81.2 Å². The summed E-state index contributed by atoms with van der Waals surface area (Å²) in [6, 6.07) is 9.24. The standard InChI is InChI=1S/C17H24N4O2/c1-17(2,3)15-11-14(19-20-15)16(23)18-12-5-7-13(8-6-12)21(4)9-10-22/h5-8,11,22H,9-10H2,1-4H3,(H,18,23)(H,19,20). The summed E-state index contributed by atoms with van der Waals surface area (Å²) < 4.78 is 0. The van der Waals surface area contributed by atoms with Crippen LogP contribution in [0.4, 0.5) is 11.4 Å². The summed E-state index contributed by atoms with van der Waals surface area (Å²) in [4.78, 5) is 14.2. The zero-order valence-electron chi connectivity index (χ0n) is 14.1. The molecule has 0 aliphatic heterocycles. The molecule has 3 N–H and O–H groups in total. The molecule has 0 unspecified atom stereocenters. The Kier molecular flexibility index (Phi) is 5.05. The van der Waals surface area contributed by atoms with Gasteiger partial charge in [-0.1, -0.05) is 20.8 Å². The number of aliphatic hydroxyl groups is 1. The van der Waals surface area contributed by atoms with Gasteiger partial charge in [0, 0.05) is 36.1 Å². The van der Waals surface area contributed by atoms with E-state index in [0.717, 1.165) is 11.4 Å². The van der Waals surface area contributed by atoms with Crippen molar-refractivity contribution < 1.29 is 9.90 Å². The average molecular weight is 316 g/mol. The van der Waals surface area contributed by atoms with Crippen LogP contribution in [0.5, 0.6) is 0 Å². The van der Waals surface area contributed by atoms with E-state index >= 15 is 0 Å². The molecule has 0 bridgehead atoms. The first-order valence-corrected chi connectivity index (χ1v) is 7.60. The molecule has 0 fully saturated rings. The lowest BCUT2D eigenvalue weighted by atomic mass is 9.92. The number of hydrogen-bond donors (Lipinski definition) is 3. The van der Waals surface area contributed by atoms with Gasteiger partial charge in [-0.15, -0.1) is 0 Å². The first kappa shape index (κ1) is 17.0. The number of hydrogen-bond acceptors (Lipinski definition) is 4. The third kappa shape index (κ3) is 4.32. The number of nitrogens with zero attached hydrogens (tertiary/aromatic N) is 2. The van der Waals surface area contributed by atoms with E-state index in [0.29, 0.717) is 17.9 Å². The van der Waals surface area contributed by atoms with E-state index in [1.165, 1.54) is 0 Å². The van der Waals surface area contributed by atoms with Gasteiger partial charge in [0.1, 0.15) is 0 Å². The number of likely N-dealkylation sites (N-methyl/N-ethyl adjacent to an activating group) is 1. The molecule has 0 atom stereocenters. The Morgan fingerprint density at radius 2 is 1.96 bits per heavy atom. The van der Waals surface area contributed by atoms with Crippen LogP contribution in [0, 0.1) is 0 Å². The van der Waals surface area contributed by atoms with Crippen LogP contribution < -0.4 is 10.2 Å². The largest absolute Gasteiger partial charge is 0.395 e. The fourth-order valence-electron chi connectivity index (χ4n) is 2.10. The van der Waals surface area contributed by atoms with Gasteiger partial charge in [-0.2, -0.15) is 5.10 Å². The van der Waals surface area contributed by atoms with Crippen molar-refractivity contribution in [1.82, 2.24) is 10.2 Å². The molecular formula is C17H24N4O2. The van der Waals surface area contributed by atoms with E-state index in [1.54, 1.807) is 6.07 Å². The zero-order valence-corrected chi connectivity index (χ0v) is 14.1. The van der Waals surface area contributed by atoms with Crippen LogP contribution in [-0.4, -0.2) is 41.4 Å². The number of nitrogens with one attached hydrogen (secondary N) is 2. The molecule has 0 spiro atoms. The molecule has 1 heterocycles. The highest BCUT2D eigenvalue weighted by Crippen LogP contribution is 2.21. The molecule has 1 aromatic carbocycles. The van der Waals surface area contributed by atoms with Crippen molar-refractivity contribution in [3.63, 3.8) is 0 Å². The highest BCUT2D eigenvalue weighted by molar-refractivity contribution is 6.03. The van der Waals surface area contributed by atoms with E-state index in [2.05, 4.69) is 36.3 Å². The molecule has 0 saturated carbocycles. The maximum atomic E-state index is 12.2. The van der Waals surface area contributed by atoms with Gasteiger partial charge in [-0.25, -0.2) is 0 Å². The smallest absolute Gasteiger partial charge is 0.276 e. The van der Waals surface area contributed by atoms with Gasteiger partial charge in [0.05, 0.1) is 6.61 Å². The third-order valence-corrected chi connectivity index (χ3v) is 3.62. The number of benzene rings is 1. The van der Waals surface area contributed by atoms with Gasteiger partial charge in [0.15, 0.2) is 5.69 Å². The SMILES string of the molecule is CN(CCO)c1ccc(NC(=O)c2cc(C(C)(C)C)[nH]n2)cc1. The van der Waals surface area contributed by atoms with Crippen LogP contribution >= 0.6 is 0 Å². The Labute approximate surface area is 136 Å². The number of carbonyl (C=O) groups excluding carboxylic acids is 1. The number of aromatic amines is 1. The van der Waals surface area contributed by atoms with Crippen LogP contribution in [0.2, 0.25) is 0 Å². The van der Waals surface area contributed by atoms with Crippen LogP contribution in [0.1, 0.15) is 37.0 Å². The molecule has 0 saturated heterocycles. The fourth-order valence-corrected chi connectivity index (χ4v) is 2.10. The lowest BCUT2D eigenvalue weighted by molar-refractivity contribution is 0.102. The molecule has 6 nitrogen and oxygen atoms in total. The number of anilines is 2. The van der Waals surface area contributed by atoms with E-state index in [1.807, 2.05) is 36.2 Å². The highest BCUT2D eigenvalue weighted by Gasteiger charge is 2.19. The van der Waals surface area contributed by atoms with Crippen LogP contribution in [0.25, 0.3) is 0 Å². The first-order valence-electron chi connectivity index (χ1n) is 7.60. The average Bonchev–Trinajstić information content (AvgIpc) is 2.98.